The molecule has 3 heterocycles. The van der Waals surface area contributed by atoms with Crippen LogP contribution in [0.4, 0.5) is 0 Å². The van der Waals surface area contributed by atoms with Gasteiger partial charge in [-0.25, -0.2) is 9.97 Å². The molecule has 0 fully saturated rings. The van der Waals surface area contributed by atoms with Gasteiger partial charge in [0.25, 0.3) is 5.56 Å². The number of H-pyrrole nitrogens is 2. The summed E-state index contributed by atoms with van der Waals surface area (Å²) in [5, 5.41) is 1.54. The molecule has 0 saturated carbocycles. The molecule has 0 saturated heterocycles. The fourth-order valence-corrected chi connectivity index (χ4v) is 2.24. The van der Waals surface area contributed by atoms with Gasteiger partial charge in [0.15, 0.2) is 5.65 Å². The summed E-state index contributed by atoms with van der Waals surface area (Å²) in [6.45, 7) is 0. The van der Waals surface area contributed by atoms with Crippen molar-refractivity contribution in [1.29, 1.82) is 0 Å². The second-order valence-electron chi connectivity index (χ2n) is 4.16. The SMILES string of the molecule is O=c1[nH]cnc2nc3c(cc12)[nH]c1ccccc13. The predicted molar refractivity (Wildman–Crippen MR) is 69.5 cm³/mol. The number of fused-ring (bicyclic) bond motifs is 4. The number of hydrogen-bond acceptors (Lipinski definition) is 3. The molecular weight excluding hydrogens is 228 g/mol. The van der Waals surface area contributed by atoms with Crippen LogP contribution in [0, 0.1) is 0 Å². The van der Waals surface area contributed by atoms with Crippen LogP contribution in [-0.4, -0.2) is 19.9 Å². The Morgan fingerprint density at radius 1 is 1.06 bits per heavy atom. The third-order valence-corrected chi connectivity index (χ3v) is 3.08. The highest BCUT2D eigenvalue weighted by atomic mass is 16.1. The molecule has 0 aliphatic rings. The van der Waals surface area contributed by atoms with Gasteiger partial charge in [0.1, 0.15) is 0 Å². The van der Waals surface area contributed by atoms with E-state index >= 15 is 0 Å². The van der Waals surface area contributed by atoms with Crippen LogP contribution < -0.4 is 5.56 Å². The summed E-state index contributed by atoms with van der Waals surface area (Å²) in [5.74, 6) is 0. The van der Waals surface area contributed by atoms with Gasteiger partial charge in [-0.2, -0.15) is 0 Å². The van der Waals surface area contributed by atoms with Crippen LogP contribution >= 0.6 is 0 Å². The summed E-state index contributed by atoms with van der Waals surface area (Å²) >= 11 is 0. The number of aromatic nitrogens is 4. The number of pyridine rings is 1. The molecule has 4 rings (SSSR count). The Morgan fingerprint density at radius 3 is 2.89 bits per heavy atom. The van der Waals surface area contributed by atoms with Gasteiger partial charge >= 0.3 is 0 Å². The van der Waals surface area contributed by atoms with Crippen LogP contribution in [0.2, 0.25) is 0 Å². The first-order valence-corrected chi connectivity index (χ1v) is 5.58. The number of aromatic amines is 2. The zero-order valence-corrected chi connectivity index (χ0v) is 9.27. The first-order valence-electron chi connectivity index (χ1n) is 5.58. The van der Waals surface area contributed by atoms with E-state index in [-0.39, 0.29) is 5.56 Å². The third-order valence-electron chi connectivity index (χ3n) is 3.08. The molecule has 18 heavy (non-hydrogen) atoms. The number of nitrogens with one attached hydrogen (secondary N) is 2. The first kappa shape index (κ1) is 9.35. The lowest BCUT2D eigenvalue weighted by atomic mass is 10.2. The maximum Gasteiger partial charge on any atom is 0.260 e. The summed E-state index contributed by atoms with van der Waals surface area (Å²) < 4.78 is 0. The molecule has 0 unspecified atom stereocenters. The van der Waals surface area contributed by atoms with E-state index in [9.17, 15) is 4.79 Å². The number of para-hydroxylation sites is 1. The lowest BCUT2D eigenvalue weighted by Crippen LogP contribution is -2.06. The number of benzene rings is 1. The summed E-state index contributed by atoms with van der Waals surface area (Å²) in [5.41, 5.74) is 2.99. The smallest absolute Gasteiger partial charge is 0.260 e. The van der Waals surface area contributed by atoms with E-state index in [1.54, 1.807) is 6.07 Å². The topological polar surface area (TPSA) is 74.4 Å². The van der Waals surface area contributed by atoms with Gasteiger partial charge < -0.3 is 9.97 Å². The molecule has 0 radical (unpaired) electrons. The minimum Gasteiger partial charge on any atom is -0.353 e. The number of nitrogens with zero attached hydrogens (tertiary/aromatic N) is 2. The molecule has 3 aromatic heterocycles. The van der Waals surface area contributed by atoms with Crippen molar-refractivity contribution >= 4 is 33.0 Å². The second-order valence-corrected chi connectivity index (χ2v) is 4.16. The number of hydrogen-bond donors (Lipinski definition) is 2. The monoisotopic (exact) mass is 236 g/mol. The van der Waals surface area contributed by atoms with Crippen molar-refractivity contribution in [2.24, 2.45) is 0 Å². The average molecular weight is 236 g/mol. The van der Waals surface area contributed by atoms with Crippen molar-refractivity contribution in [1.82, 2.24) is 19.9 Å². The Labute approximate surface area is 101 Å². The van der Waals surface area contributed by atoms with Crippen molar-refractivity contribution in [2.45, 2.75) is 0 Å². The van der Waals surface area contributed by atoms with Crippen molar-refractivity contribution in [3.63, 3.8) is 0 Å². The lowest BCUT2D eigenvalue weighted by Gasteiger charge is -1.95. The zero-order chi connectivity index (χ0) is 12.1. The molecule has 0 bridgehead atoms. The molecule has 0 aliphatic carbocycles. The van der Waals surface area contributed by atoms with E-state index in [1.807, 2.05) is 24.3 Å². The Hall–Kier alpha value is -2.69. The lowest BCUT2D eigenvalue weighted by molar-refractivity contribution is 1.15. The second kappa shape index (κ2) is 3.16. The van der Waals surface area contributed by atoms with E-state index in [4.69, 9.17) is 0 Å². The third kappa shape index (κ3) is 1.13. The average Bonchev–Trinajstić information content (AvgIpc) is 2.75. The van der Waals surface area contributed by atoms with Crippen molar-refractivity contribution in [3.05, 3.63) is 47.0 Å². The molecule has 0 atom stereocenters. The highest BCUT2D eigenvalue weighted by Crippen LogP contribution is 2.24. The molecule has 5 nitrogen and oxygen atoms in total. The van der Waals surface area contributed by atoms with E-state index in [2.05, 4.69) is 19.9 Å². The van der Waals surface area contributed by atoms with Gasteiger partial charge in [-0.3, -0.25) is 4.79 Å². The molecule has 2 N–H and O–H groups in total. The maximum absolute atomic E-state index is 11.7. The summed E-state index contributed by atoms with van der Waals surface area (Å²) in [6, 6.07) is 9.71. The Kier molecular flexibility index (Phi) is 1.64. The molecular formula is C13H8N4O. The van der Waals surface area contributed by atoms with Crippen LogP contribution in [0.15, 0.2) is 41.5 Å². The molecule has 4 aromatic rings. The highest BCUT2D eigenvalue weighted by molar-refractivity contribution is 6.07. The highest BCUT2D eigenvalue weighted by Gasteiger charge is 2.08. The van der Waals surface area contributed by atoms with E-state index in [1.165, 1.54) is 6.33 Å². The first-order chi connectivity index (χ1) is 8.83. The van der Waals surface area contributed by atoms with Gasteiger partial charge in [0, 0.05) is 10.9 Å². The van der Waals surface area contributed by atoms with Crippen LogP contribution in [0.3, 0.4) is 0 Å². The standard InChI is InChI=1S/C13H8N4O/c18-13-8-5-10-11(17-12(8)14-6-15-13)7-3-1-2-4-9(7)16-10/h1-6,16H,(H,14,15,17,18). The van der Waals surface area contributed by atoms with Crippen LogP contribution in [0.5, 0.6) is 0 Å². The minimum atomic E-state index is -0.173. The summed E-state index contributed by atoms with van der Waals surface area (Å²) in [4.78, 5) is 26.1. The van der Waals surface area contributed by atoms with Crippen LogP contribution in [0.1, 0.15) is 0 Å². The fraction of sp³-hybridized carbons (Fsp3) is 0. The van der Waals surface area contributed by atoms with Gasteiger partial charge in [0.05, 0.1) is 22.7 Å². The van der Waals surface area contributed by atoms with Crippen LogP contribution in [0.25, 0.3) is 33.0 Å². The van der Waals surface area contributed by atoms with Crippen LogP contribution in [-0.2, 0) is 0 Å². The van der Waals surface area contributed by atoms with Crippen molar-refractivity contribution < 1.29 is 0 Å². The molecule has 1 aromatic carbocycles. The molecule has 0 aliphatic heterocycles. The van der Waals surface area contributed by atoms with Gasteiger partial charge in [-0.1, -0.05) is 18.2 Å². The molecule has 0 spiro atoms. The normalized spacial score (nSPS) is 11.6. The summed E-state index contributed by atoms with van der Waals surface area (Å²) in [7, 11) is 0. The number of rotatable bonds is 0. The minimum absolute atomic E-state index is 0.173. The summed E-state index contributed by atoms with van der Waals surface area (Å²) in [6.07, 6.45) is 1.37. The fourth-order valence-electron chi connectivity index (χ4n) is 2.24. The molecule has 86 valence electrons. The molecule has 5 heteroatoms. The largest absolute Gasteiger partial charge is 0.353 e. The van der Waals surface area contributed by atoms with E-state index in [0.717, 1.165) is 21.9 Å². The maximum atomic E-state index is 11.7. The molecule has 0 amide bonds. The van der Waals surface area contributed by atoms with Crippen molar-refractivity contribution in [3.8, 4) is 0 Å². The Morgan fingerprint density at radius 2 is 1.94 bits per heavy atom. The van der Waals surface area contributed by atoms with Gasteiger partial charge in [-0.05, 0) is 12.1 Å². The Bertz CT molecular complexity index is 951. The van der Waals surface area contributed by atoms with Gasteiger partial charge in [0.2, 0.25) is 0 Å². The predicted octanol–water partition coefficient (Wildman–Crippen LogP) is 1.95. The Balaban J connectivity index is 2.31. The van der Waals surface area contributed by atoms with Gasteiger partial charge in [-0.15, -0.1) is 0 Å². The van der Waals surface area contributed by atoms with E-state index in [0.29, 0.717) is 11.0 Å². The quantitative estimate of drug-likeness (QED) is 0.490. The van der Waals surface area contributed by atoms with Crippen molar-refractivity contribution in [2.75, 3.05) is 0 Å². The zero-order valence-electron chi connectivity index (χ0n) is 9.27. The van der Waals surface area contributed by atoms with E-state index < -0.39 is 0 Å².